The predicted octanol–water partition coefficient (Wildman–Crippen LogP) is 3.97. The van der Waals surface area contributed by atoms with Gasteiger partial charge in [0.2, 0.25) is 5.95 Å². The molecule has 1 aliphatic rings. The van der Waals surface area contributed by atoms with Gasteiger partial charge >= 0.3 is 6.09 Å². The highest BCUT2D eigenvalue weighted by molar-refractivity contribution is 5.76. The number of nitrogens with one attached hydrogen (secondary N) is 2. The Labute approximate surface area is 185 Å². The van der Waals surface area contributed by atoms with Crippen molar-refractivity contribution >= 4 is 28.8 Å². The average Bonchev–Trinajstić information content (AvgIpc) is 3.40. The van der Waals surface area contributed by atoms with E-state index in [1.54, 1.807) is 17.2 Å². The summed E-state index contributed by atoms with van der Waals surface area (Å²) in [5, 5.41) is 19.3. The topological polar surface area (TPSA) is 123 Å². The molecule has 10 heteroatoms. The van der Waals surface area contributed by atoms with E-state index in [0.717, 1.165) is 22.4 Å². The lowest BCUT2D eigenvalue weighted by Crippen LogP contribution is -2.22. The third kappa shape index (κ3) is 5.60. The van der Waals surface area contributed by atoms with Crippen LogP contribution in [0.5, 0.6) is 0 Å². The van der Waals surface area contributed by atoms with Crippen molar-refractivity contribution in [3.63, 3.8) is 0 Å². The average molecular weight is 435 g/mol. The summed E-state index contributed by atoms with van der Waals surface area (Å²) in [7, 11) is 0. The fraction of sp³-hybridized carbons (Fsp3) is 0.318. The van der Waals surface area contributed by atoms with Crippen LogP contribution in [0, 0.1) is 0 Å². The van der Waals surface area contributed by atoms with E-state index in [9.17, 15) is 4.79 Å². The molecule has 1 saturated carbocycles. The smallest absolute Gasteiger partial charge is 0.404 e. The number of hydrogen-bond acceptors (Lipinski definition) is 6. The molecule has 1 aliphatic carbocycles. The molecule has 1 fully saturated rings. The van der Waals surface area contributed by atoms with Crippen molar-refractivity contribution in [2.24, 2.45) is 0 Å². The number of anilines is 2. The first-order valence-electron chi connectivity index (χ1n) is 10.7. The van der Waals surface area contributed by atoms with Crippen molar-refractivity contribution in [3.8, 4) is 5.69 Å². The van der Waals surface area contributed by atoms with Gasteiger partial charge in [0.15, 0.2) is 0 Å². The Morgan fingerprint density at radius 3 is 2.72 bits per heavy atom. The molecule has 3 N–H and O–H groups in total. The van der Waals surface area contributed by atoms with Gasteiger partial charge in [-0.15, -0.1) is 0 Å². The summed E-state index contributed by atoms with van der Waals surface area (Å²) in [5.41, 5.74) is 2.49. The van der Waals surface area contributed by atoms with Crippen LogP contribution < -0.4 is 10.6 Å². The van der Waals surface area contributed by atoms with Gasteiger partial charge in [0.25, 0.3) is 0 Å². The maximum absolute atomic E-state index is 10.5. The molecule has 0 aliphatic heterocycles. The van der Waals surface area contributed by atoms with E-state index in [1.165, 1.54) is 32.0 Å². The molecule has 1 amide bonds. The standard InChI is InChI=1S/C18H18N8O2.C4H8/c27-18(28)20-6-2-7-25-8-5-13-10-21-17(24-16(13)25)23-14-3-1-4-15(9-14)26-12-19-11-22-26;1-2-4-3-1/h1,3-5,8-12,20H,2,6-7H2,(H,27,28)(H,21,23,24);1-4H2. The second kappa shape index (κ2) is 10.4. The van der Waals surface area contributed by atoms with Crippen molar-refractivity contribution in [2.75, 3.05) is 11.9 Å². The molecule has 4 aromatic rings. The van der Waals surface area contributed by atoms with Gasteiger partial charge in [0.05, 0.1) is 5.69 Å². The summed E-state index contributed by atoms with van der Waals surface area (Å²) < 4.78 is 3.66. The van der Waals surface area contributed by atoms with Gasteiger partial charge in [-0.05, 0) is 30.7 Å². The number of nitrogens with zero attached hydrogens (tertiary/aromatic N) is 6. The zero-order chi connectivity index (χ0) is 22.2. The third-order valence-electron chi connectivity index (χ3n) is 5.14. The quantitative estimate of drug-likeness (QED) is 0.376. The van der Waals surface area contributed by atoms with Crippen LogP contribution in [0.15, 0.2) is 55.4 Å². The Hall–Kier alpha value is -3.95. The number of aryl methyl sites for hydroxylation is 1. The van der Waals surface area contributed by atoms with Crippen molar-refractivity contribution < 1.29 is 9.90 Å². The van der Waals surface area contributed by atoms with Crippen molar-refractivity contribution in [1.82, 2.24) is 34.6 Å². The number of carbonyl (C=O) groups is 1. The highest BCUT2D eigenvalue weighted by atomic mass is 16.4. The molecule has 3 heterocycles. The number of hydrogen-bond donors (Lipinski definition) is 3. The van der Waals surface area contributed by atoms with Gasteiger partial charge in [-0.1, -0.05) is 31.7 Å². The Balaban J connectivity index is 0.000000552. The molecule has 5 rings (SSSR count). The SMILES string of the molecule is C1CCC1.O=C(O)NCCCn1ccc2cnc(Nc3cccc(-n4cncn4)c3)nc21. The van der Waals surface area contributed by atoms with Crippen molar-refractivity contribution in [3.05, 3.63) is 55.4 Å². The maximum Gasteiger partial charge on any atom is 0.404 e. The number of rotatable bonds is 7. The lowest BCUT2D eigenvalue weighted by Gasteiger charge is -2.09. The largest absolute Gasteiger partial charge is 0.465 e. The molecule has 3 aromatic heterocycles. The zero-order valence-electron chi connectivity index (χ0n) is 17.7. The summed E-state index contributed by atoms with van der Waals surface area (Å²) in [6, 6.07) is 9.63. The van der Waals surface area contributed by atoms with Gasteiger partial charge in [-0.3, -0.25) is 0 Å². The van der Waals surface area contributed by atoms with Crippen LogP contribution in [-0.2, 0) is 6.54 Å². The van der Waals surface area contributed by atoms with Gasteiger partial charge in [0, 0.05) is 36.6 Å². The lowest BCUT2D eigenvalue weighted by molar-refractivity contribution is 0.194. The number of amides is 1. The van der Waals surface area contributed by atoms with E-state index < -0.39 is 6.09 Å². The molecule has 0 atom stereocenters. The zero-order valence-corrected chi connectivity index (χ0v) is 17.7. The lowest BCUT2D eigenvalue weighted by atomic mass is 10.0. The minimum Gasteiger partial charge on any atom is -0.465 e. The van der Waals surface area contributed by atoms with Crippen LogP contribution in [0.2, 0.25) is 0 Å². The summed E-state index contributed by atoms with van der Waals surface area (Å²) in [5.74, 6) is 0.479. The van der Waals surface area contributed by atoms with Gasteiger partial charge in [-0.25, -0.2) is 19.4 Å². The third-order valence-corrected chi connectivity index (χ3v) is 5.14. The molecular formula is C22H26N8O2. The highest BCUT2D eigenvalue weighted by Gasteiger charge is 2.07. The maximum atomic E-state index is 10.5. The van der Waals surface area contributed by atoms with Crippen LogP contribution in [-0.4, -0.2) is 47.0 Å². The second-order valence-electron chi connectivity index (χ2n) is 7.50. The first-order chi connectivity index (χ1) is 15.7. The monoisotopic (exact) mass is 434 g/mol. The van der Waals surface area contributed by atoms with Crippen molar-refractivity contribution in [1.29, 1.82) is 0 Å². The normalized spacial score (nSPS) is 12.5. The molecule has 166 valence electrons. The minimum absolute atomic E-state index is 0.389. The summed E-state index contributed by atoms with van der Waals surface area (Å²) in [6.07, 6.45) is 12.5. The Morgan fingerprint density at radius 2 is 2.00 bits per heavy atom. The fourth-order valence-corrected chi connectivity index (χ4v) is 3.10. The summed E-state index contributed by atoms with van der Waals surface area (Å²) in [4.78, 5) is 23.5. The molecule has 0 spiro atoms. The Kier molecular flexibility index (Phi) is 6.91. The molecule has 0 saturated heterocycles. The van der Waals surface area contributed by atoms with Crippen LogP contribution in [0.3, 0.4) is 0 Å². The van der Waals surface area contributed by atoms with Crippen LogP contribution in [0.25, 0.3) is 16.7 Å². The van der Waals surface area contributed by atoms with E-state index in [-0.39, 0.29) is 0 Å². The molecule has 10 nitrogen and oxygen atoms in total. The molecule has 1 aromatic carbocycles. The minimum atomic E-state index is -1.01. The molecule has 0 bridgehead atoms. The Bertz CT molecular complexity index is 1150. The van der Waals surface area contributed by atoms with Gasteiger partial charge < -0.3 is 20.3 Å². The fourth-order valence-electron chi connectivity index (χ4n) is 3.10. The van der Waals surface area contributed by atoms with Gasteiger partial charge in [-0.2, -0.15) is 10.1 Å². The molecular weight excluding hydrogens is 408 g/mol. The van der Waals surface area contributed by atoms with E-state index in [1.807, 2.05) is 41.1 Å². The first kappa shape index (κ1) is 21.3. The van der Waals surface area contributed by atoms with E-state index in [4.69, 9.17) is 5.11 Å². The van der Waals surface area contributed by atoms with E-state index in [0.29, 0.717) is 25.5 Å². The number of benzene rings is 1. The van der Waals surface area contributed by atoms with Crippen LogP contribution >= 0.6 is 0 Å². The summed E-state index contributed by atoms with van der Waals surface area (Å²) in [6.45, 7) is 1.04. The molecule has 0 radical (unpaired) electrons. The molecule has 0 unspecified atom stereocenters. The number of fused-ring (bicyclic) bond motifs is 1. The van der Waals surface area contributed by atoms with Crippen LogP contribution in [0.1, 0.15) is 32.1 Å². The Morgan fingerprint density at radius 1 is 1.16 bits per heavy atom. The van der Waals surface area contributed by atoms with Gasteiger partial charge in [0.1, 0.15) is 18.3 Å². The van der Waals surface area contributed by atoms with Crippen LogP contribution in [0.4, 0.5) is 16.4 Å². The number of carboxylic acid groups (broad SMARTS) is 1. The van der Waals surface area contributed by atoms with Crippen molar-refractivity contribution in [2.45, 2.75) is 38.6 Å². The van der Waals surface area contributed by atoms with E-state index in [2.05, 4.69) is 30.7 Å². The first-order valence-corrected chi connectivity index (χ1v) is 10.7. The van der Waals surface area contributed by atoms with E-state index >= 15 is 0 Å². The summed E-state index contributed by atoms with van der Waals surface area (Å²) >= 11 is 0. The highest BCUT2D eigenvalue weighted by Crippen LogP contribution is 2.20. The number of aromatic nitrogens is 6. The predicted molar refractivity (Wildman–Crippen MR) is 121 cm³/mol. The molecule has 32 heavy (non-hydrogen) atoms. The second-order valence-corrected chi connectivity index (χ2v) is 7.50.